The molecule has 140 valence electrons. The van der Waals surface area contributed by atoms with Crippen molar-refractivity contribution < 1.29 is 28.9 Å². The summed E-state index contributed by atoms with van der Waals surface area (Å²) >= 11 is 0.922. The van der Waals surface area contributed by atoms with Gasteiger partial charge in [-0.3, -0.25) is 20.2 Å². The van der Waals surface area contributed by atoms with Crippen LogP contribution in [0.15, 0.2) is 46.2 Å². The molecule has 2 aromatic rings. The Labute approximate surface area is 156 Å². The Morgan fingerprint density at radius 1 is 0.815 bits per heavy atom. The van der Waals surface area contributed by atoms with Crippen LogP contribution in [-0.2, 0) is 9.47 Å². The lowest BCUT2D eigenvalue weighted by molar-refractivity contribution is -0.385. The maximum Gasteiger partial charge on any atom is 0.339 e. The number of esters is 2. The molecule has 0 bridgehead atoms. The molecular formula is C16H12N2O8S. The van der Waals surface area contributed by atoms with Crippen molar-refractivity contribution in [2.75, 3.05) is 14.2 Å². The van der Waals surface area contributed by atoms with Gasteiger partial charge in [0, 0.05) is 34.1 Å². The van der Waals surface area contributed by atoms with Crippen molar-refractivity contribution in [3.63, 3.8) is 0 Å². The van der Waals surface area contributed by atoms with E-state index >= 15 is 0 Å². The second kappa shape index (κ2) is 8.27. The molecule has 0 saturated heterocycles. The highest BCUT2D eigenvalue weighted by Gasteiger charge is 2.22. The fourth-order valence-corrected chi connectivity index (χ4v) is 3.11. The predicted molar refractivity (Wildman–Crippen MR) is 93.0 cm³/mol. The molecule has 0 aliphatic heterocycles. The summed E-state index contributed by atoms with van der Waals surface area (Å²) in [5, 5.41) is 21.9. The molecule has 0 spiro atoms. The van der Waals surface area contributed by atoms with Crippen LogP contribution >= 0.6 is 11.8 Å². The Balaban J connectivity index is 2.56. The molecule has 0 aromatic heterocycles. The van der Waals surface area contributed by atoms with Crippen LogP contribution in [0, 0.1) is 20.2 Å². The van der Waals surface area contributed by atoms with Crippen LogP contribution in [0.2, 0.25) is 0 Å². The van der Waals surface area contributed by atoms with Crippen molar-refractivity contribution in [1.82, 2.24) is 0 Å². The maximum absolute atomic E-state index is 12.0. The fourth-order valence-electron chi connectivity index (χ4n) is 2.10. The van der Waals surface area contributed by atoms with Crippen LogP contribution in [0.3, 0.4) is 0 Å². The van der Waals surface area contributed by atoms with Crippen LogP contribution < -0.4 is 0 Å². The van der Waals surface area contributed by atoms with Crippen molar-refractivity contribution in [3.05, 3.63) is 67.8 Å². The summed E-state index contributed by atoms with van der Waals surface area (Å²) in [4.78, 5) is 45.1. The number of hydrogen-bond acceptors (Lipinski definition) is 9. The number of nitro benzene ring substituents is 2. The lowest BCUT2D eigenvalue weighted by Gasteiger charge is -2.10. The van der Waals surface area contributed by atoms with Crippen LogP contribution in [0.5, 0.6) is 0 Å². The van der Waals surface area contributed by atoms with Gasteiger partial charge in [0.25, 0.3) is 11.4 Å². The van der Waals surface area contributed by atoms with Gasteiger partial charge in [-0.15, -0.1) is 0 Å². The van der Waals surface area contributed by atoms with E-state index in [1.807, 2.05) is 0 Å². The minimum absolute atomic E-state index is 0.0779. The number of non-ortho nitro benzene ring substituents is 2. The highest BCUT2D eigenvalue weighted by Crippen LogP contribution is 2.36. The lowest BCUT2D eigenvalue weighted by Crippen LogP contribution is -2.06. The Kier molecular flexibility index (Phi) is 6.08. The monoisotopic (exact) mass is 392 g/mol. The lowest BCUT2D eigenvalue weighted by atomic mass is 10.2. The topological polar surface area (TPSA) is 139 Å². The summed E-state index contributed by atoms with van der Waals surface area (Å²) in [5.74, 6) is -1.61. The van der Waals surface area contributed by atoms with Crippen molar-refractivity contribution in [2.24, 2.45) is 0 Å². The van der Waals surface area contributed by atoms with Gasteiger partial charge in [-0.05, 0) is 12.1 Å². The zero-order valence-corrected chi connectivity index (χ0v) is 14.8. The van der Waals surface area contributed by atoms with E-state index in [2.05, 4.69) is 9.47 Å². The smallest absolute Gasteiger partial charge is 0.339 e. The molecule has 27 heavy (non-hydrogen) atoms. The minimum atomic E-state index is -0.803. The van der Waals surface area contributed by atoms with Crippen molar-refractivity contribution in [2.45, 2.75) is 9.79 Å². The normalized spacial score (nSPS) is 10.1. The summed E-state index contributed by atoms with van der Waals surface area (Å²) in [6.07, 6.45) is 0. The van der Waals surface area contributed by atoms with E-state index in [1.165, 1.54) is 24.3 Å². The highest BCUT2D eigenvalue weighted by molar-refractivity contribution is 7.99. The molecule has 0 aliphatic carbocycles. The molecule has 0 atom stereocenters. The maximum atomic E-state index is 12.0. The van der Waals surface area contributed by atoms with Gasteiger partial charge in [0.15, 0.2) is 0 Å². The first-order valence-electron chi connectivity index (χ1n) is 7.19. The first kappa shape index (κ1) is 19.8. The third-order valence-corrected chi connectivity index (χ3v) is 4.53. The quantitative estimate of drug-likeness (QED) is 0.412. The number of methoxy groups -OCH3 is 2. The SMILES string of the molecule is COC(=O)c1cc([N+](=O)[O-])ccc1Sc1ccc([N+](=O)[O-])cc1C(=O)OC. The molecule has 2 rings (SSSR count). The number of ether oxygens (including phenoxy) is 2. The van der Waals surface area contributed by atoms with Gasteiger partial charge in [0.05, 0.1) is 35.2 Å². The van der Waals surface area contributed by atoms with E-state index in [0.29, 0.717) is 0 Å². The molecule has 0 heterocycles. The van der Waals surface area contributed by atoms with Crippen molar-refractivity contribution >= 4 is 35.1 Å². The molecule has 2 aromatic carbocycles. The Morgan fingerprint density at radius 3 is 1.48 bits per heavy atom. The third kappa shape index (κ3) is 4.39. The van der Waals surface area contributed by atoms with Crippen molar-refractivity contribution in [3.8, 4) is 0 Å². The van der Waals surface area contributed by atoms with Gasteiger partial charge < -0.3 is 9.47 Å². The van der Waals surface area contributed by atoms with E-state index in [-0.39, 0.29) is 32.3 Å². The first-order chi connectivity index (χ1) is 12.8. The summed E-state index contributed by atoms with van der Waals surface area (Å²) in [6.45, 7) is 0. The number of hydrogen-bond donors (Lipinski definition) is 0. The van der Waals surface area contributed by atoms with Crippen molar-refractivity contribution in [1.29, 1.82) is 0 Å². The Hall–Kier alpha value is -3.47. The number of nitro groups is 2. The molecular weight excluding hydrogens is 380 g/mol. The summed E-state index contributed by atoms with van der Waals surface area (Å²) in [7, 11) is 2.25. The van der Waals surface area contributed by atoms with Gasteiger partial charge >= 0.3 is 11.9 Å². The Morgan fingerprint density at radius 2 is 1.19 bits per heavy atom. The van der Waals surface area contributed by atoms with E-state index in [4.69, 9.17) is 0 Å². The first-order valence-corrected chi connectivity index (χ1v) is 8.01. The number of carbonyl (C=O) groups excluding carboxylic acids is 2. The van der Waals surface area contributed by atoms with Gasteiger partial charge in [0.2, 0.25) is 0 Å². The second-order valence-electron chi connectivity index (χ2n) is 4.96. The number of carbonyl (C=O) groups is 2. The summed E-state index contributed by atoms with van der Waals surface area (Å²) in [6, 6.07) is 7.15. The zero-order chi connectivity index (χ0) is 20.1. The molecule has 0 unspecified atom stereocenters. The van der Waals surface area contributed by atoms with E-state index in [1.54, 1.807) is 0 Å². The molecule has 10 nitrogen and oxygen atoms in total. The van der Waals surface area contributed by atoms with Gasteiger partial charge in [-0.25, -0.2) is 9.59 Å². The average molecular weight is 392 g/mol. The summed E-state index contributed by atoms with van der Waals surface area (Å²) in [5.41, 5.74) is -0.773. The fraction of sp³-hybridized carbons (Fsp3) is 0.125. The highest BCUT2D eigenvalue weighted by atomic mass is 32.2. The minimum Gasteiger partial charge on any atom is -0.465 e. The van der Waals surface area contributed by atoms with Crippen LogP contribution in [0.25, 0.3) is 0 Å². The molecule has 0 fully saturated rings. The molecule has 0 amide bonds. The van der Waals surface area contributed by atoms with Crippen LogP contribution in [-0.4, -0.2) is 36.0 Å². The largest absolute Gasteiger partial charge is 0.465 e. The standard InChI is InChI=1S/C16H12N2O8S/c1-25-15(19)11-7-9(17(21)22)3-5-13(11)27-14-6-4-10(18(23)24)8-12(14)16(20)26-2/h3-8H,1-2H3. The number of benzene rings is 2. The molecule has 11 heteroatoms. The summed E-state index contributed by atoms with van der Waals surface area (Å²) < 4.78 is 9.29. The molecule has 0 saturated carbocycles. The molecule has 0 N–H and O–H groups in total. The molecule has 0 radical (unpaired) electrons. The van der Waals surface area contributed by atoms with Gasteiger partial charge in [0.1, 0.15) is 0 Å². The zero-order valence-electron chi connectivity index (χ0n) is 14.0. The molecule has 0 aliphatic rings. The Bertz CT molecular complexity index is 869. The second-order valence-corrected chi connectivity index (χ2v) is 6.04. The van der Waals surface area contributed by atoms with E-state index in [9.17, 15) is 29.8 Å². The van der Waals surface area contributed by atoms with Crippen LogP contribution in [0.4, 0.5) is 11.4 Å². The average Bonchev–Trinajstić information content (AvgIpc) is 2.66. The number of rotatable bonds is 6. The van der Waals surface area contributed by atoms with Gasteiger partial charge in [-0.2, -0.15) is 0 Å². The van der Waals surface area contributed by atoms with Gasteiger partial charge in [-0.1, -0.05) is 11.8 Å². The van der Waals surface area contributed by atoms with E-state index in [0.717, 1.165) is 38.1 Å². The third-order valence-electron chi connectivity index (χ3n) is 3.38. The number of nitrogens with zero attached hydrogens (tertiary/aromatic N) is 2. The van der Waals surface area contributed by atoms with Crippen LogP contribution in [0.1, 0.15) is 20.7 Å². The predicted octanol–water partition coefficient (Wildman–Crippen LogP) is 3.23. The van der Waals surface area contributed by atoms with E-state index < -0.39 is 21.8 Å².